The third-order valence-corrected chi connectivity index (χ3v) is 14.5. The Kier molecular flexibility index (Phi) is 10.6. The van der Waals surface area contributed by atoms with E-state index in [1.807, 2.05) is 12.1 Å². The molecule has 0 spiro atoms. The second-order valence-electron chi connectivity index (χ2n) is 12.2. The molecule has 0 unspecified atom stereocenters. The van der Waals surface area contributed by atoms with Crippen molar-refractivity contribution in [1.82, 2.24) is 0 Å². The second kappa shape index (κ2) is 15.8. The highest BCUT2D eigenvalue weighted by atomic mass is 32.3. The minimum atomic E-state index is -2.25. The summed E-state index contributed by atoms with van der Waals surface area (Å²) in [6.45, 7) is 3.47. The molecular weight excluding hydrogens is 681 g/mol. The first-order valence-electron chi connectivity index (χ1n) is 17.5. The molecule has 0 atom stereocenters. The van der Waals surface area contributed by atoms with E-state index in [4.69, 9.17) is 8.37 Å². The summed E-state index contributed by atoms with van der Waals surface area (Å²) in [5, 5.41) is 0. The standard InChI is InChI=1S/C46H40O4S2/c1-3-41(47)49-51(50-42(48)4-2)38-30-32-40(33-31-38)52(39-28-18-9-19-29-39)45(36-24-14-7-15-25-36)43(34-20-10-5-11-21-34)44(35-22-12-6-13-23-35)46(52)37-26-16-8-17-27-37/h5-33,51H,3-4H2,1-2H3. The van der Waals surface area contributed by atoms with Crippen LogP contribution >= 0.6 is 21.5 Å². The number of hydrogen-bond acceptors (Lipinski definition) is 4. The number of allylic oxidation sites excluding steroid dienone is 2. The Morgan fingerprint density at radius 2 is 0.769 bits per heavy atom. The highest BCUT2D eigenvalue weighted by Crippen LogP contribution is 2.84. The number of carbonyl (C=O) groups is 2. The van der Waals surface area contributed by atoms with E-state index in [9.17, 15) is 9.59 Å². The van der Waals surface area contributed by atoms with Crippen LogP contribution < -0.4 is 0 Å². The van der Waals surface area contributed by atoms with Crippen molar-refractivity contribution in [3.05, 3.63) is 198 Å². The lowest BCUT2D eigenvalue weighted by molar-refractivity contribution is -0.136. The molecule has 1 heterocycles. The number of rotatable bonds is 11. The van der Waals surface area contributed by atoms with E-state index in [0.29, 0.717) is 4.90 Å². The van der Waals surface area contributed by atoms with E-state index in [2.05, 4.69) is 164 Å². The van der Waals surface area contributed by atoms with Gasteiger partial charge in [-0.3, -0.25) is 9.59 Å². The molecule has 0 N–H and O–H groups in total. The Bertz CT molecular complexity index is 2100. The maximum absolute atomic E-state index is 12.5. The Labute approximate surface area is 310 Å². The molecule has 0 radical (unpaired) electrons. The van der Waals surface area contributed by atoms with Crippen LogP contribution in [0, 0.1) is 0 Å². The van der Waals surface area contributed by atoms with E-state index in [1.165, 1.54) is 25.9 Å². The summed E-state index contributed by atoms with van der Waals surface area (Å²) >= 11 is -1.96. The van der Waals surface area contributed by atoms with E-state index in [1.54, 1.807) is 13.8 Å². The summed E-state index contributed by atoms with van der Waals surface area (Å²) in [7, 11) is -2.25. The summed E-state index contributed by atoms with van der Waals surface area (Å²) < 4.78 is 11.5. The largest absolute Gasteiger partial charge is 0.342 e. The average molecular weight is 721 g/mol. The van der Waals surface area contributed by atoms with E-state index >= 15 is 0 Å². The predicted molar refractivity (Wildman–Crippen MR) is 216 cm³/mol. The van der Waals surface area contributed by atoms with Crippen LogP contribution in [0.5, 0.6) is 0 Å². The Balaban J connectivity index is 1.63. The summed E-state index contributed by atoms with van der Waals surface area (Å²) in [6, 6.07) is 62.0. The van der Waals surface area contributed by atoms with Crippen LogP contribution in [0.25, 0.3) is 21.0 Å². The molecule has 1 aliphatic heterocycles. The average Bonchev–Trinajstić information content (AvgIpc) is 3.55. The van der Waals surface area contributed by atoms with Gasteiger partial charge in [-0.25, -0.2) is 0 Å². The van der Waals surface area contributed by atoms with Crippen LogP contribution in [-0.2, 0) is 18.0 Å². The maximum atomic E-state index is 12.5. The van der Waals surface area contributed by atoms with Crippen molar-refractivity contribution in [1.29, 1.82) is 0 Å². The van der Waals surface area contributed by atoms with Gasteiger partial charge in [0, 0.05) is 43.6 Å². The van der Waals surface area contributed by atoms with Gasteiger partial charge in [0.05, 0.1) is 4.90 Å². The quantitative estimate of drug-likeness (QED) is 0.135. The molecule has 52 heavy (non-hydrogen) atoms. The SMILES string of the molecule is CCC(=O)O[SH](OC(=O)CC)c1ccc(S2(c3ccccc3)C(c3ccccc3)=C(c3ccccc3)C(c3ccccc3)=C2c2ccccc2)cc1. The van der Waals surface area contributed by atoms with Crippen LogP contribution in [0.15, 0.2) is 191 Å². The summed E-state index contributed by atoms with van der Waals surface area (Å²) in [5.74, 6) is -0.824. The molecular formula is C46H40O4S2. The molecule has 0 saturated carbocycles. The van der Waals surface area contributed by atoms with Gasteiger partial charge < -0.3 is 8.37 Å². The van der Waals surface area contributed by atoms with Gasteiger partial charge in [0.15, 0.2) is 0 Å². The first kappa shape index (κ1) is 34.9. The van der Waals surface area contributed by atoms with Crippen molar-refractivity contribution in [2.45, 2.75) is 41.4 Å². The fourth-order valence-electron chi connectivity index (χ4n) is 6.66. The van der Waals surface area contributed by atoms with E-state index in [0.717, 1.165) is 27.1 Å². The Morgan fingerprint density at radius 1 is 0.442 bits per heavy atom. The number of thiol groups is 1. The van der Waals surface area contributed by atoms with Crippen LogP contribution in [0.3, 0.4) is 0 Å². The number of carbonyl (C=O) groups excluding carboxylic acids is 2. The molecule has 6 heteroatoms. The van der Waals surface area contributed by atoms with Gasteiger partial charge in [0.2, 0.25) is 0 Å². The van der Waals surface area contributed by atoms with Crippen molar-refractivity contribution >= 4 is 54.4 Å². The Morgan fingerprint density at radius 3 is 1.13 bits per heavy atom. The summed E-state index contributed by atoms with van der Waals surface area (Å²) in [6.07, 6.45) is 0.367. The zero-order chi connectivity index (χ0) is 35.9. The zero-order valence-electron chi connectivity index (χ0n) is 29.1. The third-order valence-electron chi connectivity index (χ3n) is 8.96. The van der Waals surface area contributed by atoms with Crippen molar-refractivity contribution in [2.24, 2.45) is 0 Å². The van der Waals surface area contributed by atoms with Gasteiger partial charge in [-0.15, -0.1) is 10.0 Å². The lowest BCUT2D eigenvalue weighted by Crippen LogP contribution is -2.08. The molecule has 0 amide bonds. The van der Waals surface area contributed by atoms with Crippen molar-refractivity contribution in [3.8, 4) is 0 Å². The molecule has 0 aliphatic carbocycles. The second-order valence-corrected chi connectivity index (χ2v) is 16.6. The smallest absolute Gasteiger partial charge is 0.329 e. The summed E-state index contributed by atoms with van der Waals surface area (Å²) in [4.78, 5) is 30.5. The van der Waals surface area contributed by atoms with Gasteiger partial charge in [-0.1, -0.05) is 165 Å². The van der Waals surface area contributed by atoms with Gasteiger partial charge >= 0.3 is 11.9 Å². The van der Waals surface area contributed by atoms with Crippen LogP contribution in [0.1, 0.15) is 48.9 Å². The fraction of sp³-hybridized carbons (Fsp3) is 0.0870. The first-order chi connectivity index (χ1) is 25.6. The molecule has 6 aromatic carbocycles. The molecule has 260 valence electrons. The van der Waals surface area contributed by atoms with Gasteiger partial charge in [0.1, 0.15) is 0 Å². The number of hydrogen-bond donors (Lipinski definition) is 1. The zero-order valence-corrected chi connectivity index (χ0v) is 30.9. The van der Waals surface area contributed by atoms with E-state index < -0.39 is 33.4 Å². The van der Waals surface area contributed by atoms with Crippen LogP contribution in [0.4, 0.5) is 0 Å². The van der Waals surface area contributed by atoms with Gasteiger partial charge in [-0.05, 0) is 58.7 Å². The number of benzene rings is 6. The normalized spacial score (nSPS) is 14.5. The molecule has 6 aromatic rings. The molecule has 0 bridgehead atoms. The summed E-state index contributed by atoms with van der Waals surface area (Å²) in [5.41, 5.74) is 6.93. The minimum absolute atomic E-state index is 0.183. The Hall–Kier alpha value is -5.56. The molecule has 1 aliphatic rings. The minimum Gasteiger partial charge on any atom is -0.342 e. The molecule has 0 aromatic heterocycles. The van der Waals surface area contributed by atoms with Gasteiger partial charge in [0.25, 0.3) is 0 Å². The highest BCUT2D eigenvalue weighted by molar-refractivity contribution is 8.48. The molecule has 0 saturated heterocycles. The molecule has 4 nitrogen and oxygen atoms in total. The van der Waals surface area contributed by atoms with Crippen molar-refractivity contribution in [2.75, 3.05) is 0 Å². The maximum Gasteiger partial charge on any atom is 0.329 e. The van der Waals surface area contributed by atoms with E-state index in [-0.39, 0.29) is 12.8 Å². The highest BCUT2D eigenvalue weighted by Gasteiger charge is 2.47. The third kappa shape index (κ3) is 6.63. The van der Waals surface area contributed by atoms with Crippen molar-refractivity contribution < 1.29 is 18.0 Å². The van der Waals surface area contributed by atoms with Gasteiger partial charge in [-0.2, -0.15) is 0 Å². The van der Waals surface area contributed by atoms with Crippen molar-refractivity contribution in [3.63, 3.8) is 0 Å². The first-order valence-corrected chi connectivity index (χ1v) is 20.3. The monoisotopic (exact) mass is 720 g/mol. The topological polar surface area (TPSA) is 52.6 Å². The predicted octanol–water partition coefficient (Wildman–Crippen LogP) is 12.2. The lowest BCUT2D eigenvalue weighted by atomic mass is 9.89. The molecule has 0 fully saturated rings. The van der Waals surface area contributed by atoms with Crippen LogP contribution in [-0.4, -0.2) is 11.9 Å². The fourth-order valence-corrected chi connectivity index (χ4v) is 12.5. The lowest BCUT2D eigenvalue weighted by Gasteiger charge is -2.43. The van der Waals surface area contributed by atoms with Crippen LogP contribution in [0.2, 0.25) is 0 Å². The molecule has 7 rings (SSSR count).